The van der Waals surface area contributed by atoms with E-state index in [1.165, 1.54) is 0 Å². The van der Waals surface area contributed by atoms with Gasteiger partial charge in [-0.3, -0.25) is 9.59 Å². The lowest BCUT2D eigenvalue weighted by atomic mass is 9.78. The zero-order chi connectivity index (χ0) is 13.8. The van der Waals surface area contributed by atoms with Crippen LogP contribution in [0.25, 0.3) is 0 Å². The number of hydrogen-bond acceptors (Lipinski definition) is 3. The largest absolute Gasteiger partial charge is 0.480 e. The summed E-state index contributed by atoms with van der Waals surface area (Å²) in [7, 11) is 0. The van der Waals surface area contributed by atoms with E-state index in [9.17, 15) is 14.7 Å². The molecule has 18 heavy (non-hydrogen) atoms. The first kappa shape index (κ1) is 14.7. The number of halogens is 1. The lowest BCUT2D eigenvalue weighted by molar-refractivity contribution is -0.161. The molecule has 0 fully saturated rings. The Morgan fingerprint density at radius 1 is 1.39 bits per heavy atom. The van der Waals surface area contributed by atoms with Crippen molar-refractivity contribution in [2.45, 2.75) is 25.7 Å². The number of ether oxygens (including phenoxy) is 1. The average Bonchev–Trinajstić information content (AvgIpc) is 2.30. The third kappa shape index (κ3) is 2.56. The molecule has 0 spiro atoms. The Labute approximate surface area is 114 Å². The van der Waals surface area contributed by atoms with Crippen LogP contribution in [0, 0.1) is 0 Å². The number of rotatable bonds is 5. The van der Waals surface area contributed by atoms with Gasteiger partial charge < -0.3 is 9.84 Å². The number of carbonyl (C=O) groups is 2. The molecule has 0 amide bonds. The second kappa shape index (κ2) is 6.00. The van der Waals surface area contributed by atoms with E-state index in [-0.39, 0.29) is 13.0 Å². The van der Waals surface area contributed by atoms with Crippen LogP contribution >= 0.6 is 15.9 Å². The van der Waals surface area contributed by atoms with Gasteiger partial charge in [0.2, 0.25) is 0 Å². The summed E-state index contributed by atoms with van der Waals surface area (Å²) >= 11 is 3.28. The second-order valence-electron chi connectivity index (χ2n) is 3.79. The molecule has 1 aromatic carbocycles. The fraction of sp³-hybridized carbons (Fsp3) is 0.385. The van der Waals surface area contributed by atoms with E-state index in [0.717, 1.165) is 4.47 Å². The lowest BCUT2D eigenvalue weighted by Crippen LogP contribution is -2.44. The van der Waals surface area contributed by atoms with E-state index in [2.05, 4.69) is 15.9 Å². The summed E-state index contributed by atoms with van der Waals surface area (Å²) in [5.41, 5.74) is -1.22. The van der Waals surface area contributed by atoms with Crippen LogP contribution in [0.4, 0.5) is 0 Å². The first-order chi connectivity index (χ1) is 8.48. The Morgan fingerprint density at radius 2 is 2.06 bits per heavy atom. The van der Waals surface area contributed by atoms with Gasteiger partial charge in [0.25, 0.3) is 0 Å². The van der Waals surface area contributed by atoms with Gasteiger partial charge in [0.05, 0.1) is 6.61 Å². The van der Waals surface area contributed by atoms with E-state index >= 15 is 0 Å². The molecule has 5 heteroatoms. The van der Waals surface area contributed by atoms with Crippen molar-refractivity contribution in [1.82, 2.24) is 0 Å². The molecule has 1 rings (SSSR count). The third-order valence-corrected chi connectivity index (χ3v) is 3.33. The average molecular weight is 315 g/mol. The summed E-state index contributed by atoms with van der Waals surface area (Å²) in [4.78, 5) is 23.6. The van der Waals surface area contributed by atoms with Crippen LogP contribution in [0.3, 0.4) is 0 Å². The van der Waals surface area contributed by atoms with Crippen molar-refractivity contribution in [3.63, 3.8) is 0 Å². The fourth-order valence-electron chi connectivity index (χ4n) is 1.84. The predicted molar refractivity (Wildman–Crippen MR) is 70.4 cm³/mol. The van der Waals surface area contributed by atoms with Crippen molar-refractivity contribution < 1.29 is 19.4 Å². The van der Waals surface area contributed by atoms with Crippen molar-refractivity contribution in [3.8, 4) is 0 Å². The van der Waals surface area contributed by atoms with Crippen LogP contribution in [0.2, 0.25) is 0 Å². The molecule has 1 atom stereocenters. The van der Waals surface area contributed by atoms with Crippen molar-refractivity contribution in [2.24, 2.45) is 0 Å². The lowest BCUT2D eigenvalue weighted by Gasteiger charge is -2.26. The SMILES string of the molecule is CCOC(=O)C(CC)(C(=O)O)c1cccc(Br)c1. The molecule has 1 aromatic rings. The van der Waals surface area contributed by atoms with Crippen LogP contribution in [-0.2, 0) is 19.7 Å². The Hall–Kier alpha value is -1.36. The van der Waals surface area contributed by atoms with Gasteiger partial charge >= 0.3 is 11.9 Å². The number of hydrogen-bond donors (Lipinski definition) is 1. The summed E-state index contributed by atoms with van der Waals surface area (Å²) < 4.78 is 5.64. The van der Waals surface area contributed by atoms with E-state index in [1.807, 2.05) is 0 Å². The van der Waals surface area contributed by atoms with E-state index < -0.39 is 17.4 Å². The molecule has 0 aromatic heterocycles. The van der Waals surface area contributed by atoms with Crippen molar-refractivity contribution in [2.75, 3.05) is 6.61 Å². The molecule has 0 aliphatic rings. The molecule has 0 aliphatic carbocycles. The summed E-state index contributed by atoms with van der Waals surface area (Å²) in [6.45, 7) is 3.47. The topological polar surface area (TPSA) is 63.6 Å². The highest BCUT2D eigenvalue weighted by Crippen LogP contribution is 2.31. The van der Waals surface area contributed by atoms with Gasteiger partial charge in [-0.25, -0.2) is 0 Å². The van der Waals surface area contributed by atoms with Gasteiger partial charge in [-0.2, -0.15) is 0 Å². The Bertz CT molecular complexity index is 458. The Morgan fingerprint density at radius 3 is 2.50 bits per heavy atom. The first-order valence-electron chi connectivity index (χ1n) is 5.65. The monoisotopic (exact) mass is 314 g/mol. The number of esters is 1. The highest BCUT2D eigenvalue weighted by Gasteiger charge is 2.47. The molecule has 0 bridgehead atoms. The molecule has 0 radical (unpaired) electrons. The first-order valence-corrected chi connectivity index (χ1v) is 6.45. The summed E-state index contributed by atoms with van der Waals surface area (Å²) in [5.74, 6) is -1.92. The number of carboxylic acids is 1. The standard InChI is InChI=1S/C13H15BrO4/c1-3-13(11(15)16,12(17)18-4-2)9-6-5-7-10(14)8-9/h5-8H,3-4H2,1-2H3,(H,15,16). The minimum absolute atomic E-state index is 0.137. The minimum Gasteiger partial charge on any atom is -0.480 e. The van der Waals surface area contributed by atoms with Crippen LogP contribution in [0.5, 0.6) is 0 Å². The molecular formula is C13H15BrO4. The minimum atomic E-state index is -1.64. The van der Waals surface area contributed by atoms with Gasteiger partial charge in [-0.15, -0.1) is 0 Å². The van der Waals surface area contributed by atoms with Gasteiger partial charge in [0.15, 0.2) is 5.41 Å². The number of carbonyl (C=O) groups excluding carboxylic acids is 1. The van der Waals surface area contributed by atoms with Crippen LogP contribution in [-0.4, -0.2) is 23.7 Å². The second-order valence-corrected chi connectivity index (χ2v) is 4.71. The zero-order valence-electron chi connectivity index (χ0n) is 10.3. The molecule has 0 saturated heterocycles. The third-order valence-electron chi connectivity index (χ3n) is 2.84. The normalized spacial score (nSPS) is 13.7. The Kier molecular flexibility index (Phi) is 4.90. The maximum absolute atomic E-state index is 12.0. The Balaban J connectivity index is 3.36. The van der Waals surface area contributed by atoms with Gasteiger partial charge in [0, 0.05) is 4.47 Å². The zero-order valence-corrected chi connectivity index (χ0v) is 11.9. The molecule has 98 valence electrons. The quantitative estimate of drug-likeness (QED) is 0.670. The summed E-state index contributed by atoms with van der Waals surface area (Å²) in [6, 6.07) is 6.73. The van der Waals surface area contributed by atoms with Crippen molar-refractivity contribution in [3.05, 3.63) is 34.3 Å². The van der Waals surface area contributed by atoms with Crippen molar-refractivity contribution in [1.29, 1.82) is 0 Å². The van der Waals surface area contributed by atoms with Crippen LogP contribution in [0.1, 0.15) is 25.8 Å². The maximum Gasteiger partial charge on any atom is 0.328 e. The number of carboxylic acid groups (broad SMARTS) is 1. The molecule has 1 N–H and O–H groups in total. The smallest absolute Gasteiger partial charge is 0.328 e. The van der Waals surface area contributed by atoms with Crippen molar-refractivity contribution >= 4 is 27.9 Å². The molecule has 0 aliphatic heterocycles. The number of aliphatic carboxylic acids is 1. The maximum atomic E-state index is 12.0. The molecule has 0 heterocycles. The predicted octanol–water partition coefficient (Wildman–Crippen LogP) is 2.74. The van der Waals surface area contributed by atoms with E-state index in [1.54, 1.807) is 38.1 Å². The van der Waals surface area contributed by atoms with E-state index in [4.69, 9.17) is 4.74 Å². The molecular weight excluding hydrogens is 300 g/mol. The van der Waals surface area contributed by atoms with Gasteiger partial charge in [-0.1, -0.05) is 35.0 Å². The molecule has 4 nitrogen and oxygen atoms in total. The van der Waals surface area contributed by atoms with E-state index in [0.29, 0.717) is 5.56 Å². The van der Waals surface area contributed by atoms with Gasteiger partial charge in [0.1, 0.15) is 0 Å². The van der Waals surface area contributed by atoms with Crippen LogP contribution < -0.4 is 0 Å². The highest BCUT2D eigenvalue weighted by molar-refractivity contribution is 9.10. The fourth-order valence-corrected chi connectivity index (χ4v) is 2.24. The summed E-state index contributed by atoms with van der Waals surface area (Å²) in [6.07, 6.45) is 0.137. The summed E-state index contributed by atoms with van der Waals surface area (Å²) in [5, 5.41) is 9.45. The van der Waals surface area contributed by atoms with Gasteiger partial charge in [-0.05, 0) is 31.0 Å². The number of benzene rings is 1. The van der Waals surface area contributed by atoms with Crippen LogP contribution in [0.15, 0.2) is 28.7 Å². The molecule has 0 saturated carbocycles. The highest BCUT2D eigenvalue weighted by atomic mass is 79.9. The molecule has 1 unspecified atom stereocenters.